The number of hydrogen-bond donors (Lipinski definition) is 2. The van der Waals surface area contributed by atoms with E-state index in [-0.39, 0.29) is 31.6 Å². The predicted molar refractivity (Wildman–Crippen MR) is 119 cm³/mol. The molecule has 2 N–H and O–H groups in total. The number of carbonyl (C=O) groups is 3. The van der Waals surface area contributed by atoms with Crippen LogP contribution >= 0.6 is 0 Å². The summed E-state index contributed by atoms with van der Waals surface area (Å²) < 4.78 is 17.1. The summed E-state index contributed by atoms with van der Waals surface area (Å²) in [7, 11) is 1.56. The second-order valence-electron chi connectivity index (χ2n) is 8.91. The van der Waals surface area contributed by atoms with Gasteiger partial charge in [-0.25, -0.2) is 0 Å². The molecule has 2 bridgehead atoms. The summed E-state index contributed by atoms with van der Waals surface area (Å²) >= 11 is 0. The number of nitrogens with one attached hydrogen (secondary N) is 1. The van der Waals surface area contributed by atoms with Gasteiger partial charge in [0.15, 0.2) is 0 Å². The van der Waals surface area contributed by atoms with E-state index >= 15 is 0 Å². The standard InChI is InChI=1S/C24H32N2O7/c1-4-23-11-12-24(33-23)17(18(23)22(30)32-5-2)21(29)26(13-6-14-27)19(24)20(28)25-15-7-9-16(31-3)10-8-15/h7-10,17-19,27H,4-6,11-14H2,1-3H3,(H,25,28)/t17-,18-,19?,23+,24?/m0/s1. The zero-order chi connectivity index (χ0) is 23.8. The molecule has 0 radical (unpaired) electrons. The van der Waals surface area contributed by atoms with Crippen molar-refractivity contribution in [1.82, 2.24) is 4.90 Å². The van der Waals surface area contributed by atoms with Gasteiger partial charge in [0.2, 0.25) is 11.8 Å². The predicted octanol–water partition coefficient (Wildman–Crippen LogP) is 1.73. The van der Waals surface area contributed by atoms with Crippen LogP contribution in [-0.4, -0.2) is 71.9 Å². The Morgan fingerprint density at radius 3 is 2.58 bits per heavy atom. The lowest BCUT2D eigenvalue weighted by Crippen LogP contribution is -2.53. The van der Waals surface area contributed by atoms with E-state index in [1.807, 2.05) is 6.92 Å². The summed E-state index contributed by atoms with van der Waals surface area (Å²) in [6.07, 6.45) is 1.95. The number of benzene rings is 1. The molecule has 3 fully saturated rings. The molecular formula is C24H32N2O7. The summed E-state index contributed by atoms with van der Waals surface area (Å²) in [4.78, 5) is 41.8. The highest BCUT2D eigenvalue weighted by atomic mass is 16.6. The molecule has 2 amide bonds. The monoisotopic (exact) mass is 460 g/mol. The second-order valence-corrected chi connectivity index (χ2v) is 8.91. The zero-order valence-electron chi connectivity index (χ0n) is 19.3. The summed E-state index contributed by atoms with van der Waals surface area (Å²) in [5.41, 5.74) is -1.35. The second kappa shape index (κ2) is 8.95. The van der Waals surface area contributed by atoms with Crippen LogP contribution in [0.3, 0.4) is 0 Å². The smallest absolute Gasteiger partial charge is 0.312 e. The molecule has 3 saturated heterocycles. The fraction of sp³-hybridized carbons (Fsp3) is 0.625. The number of hydrogen-bond acceptors (Lipinski definition) is 7. The number of aliphatic hydroxyl groups excluding tert-OH is 1. The van der Waals surface area contributed by atoms with E-state index in [2.05, 4.69) is 5.32 Å². The highest BCUT2D eigenvalue weighted by Gasteiger charge is 2.78. The van der Waals surface area contributed by atoms with Crippen LogP contribution in [0.15, 0.2) is 24.3 Å². The van der Waals surface area contributed by atoms with Gasteiger partial charge in [-0.1, -0.05) is 6.92 Å². The molecular weight excluding hydrogens is 428 g/mol. The molecule has 3 aliphatic rings. The minimum absolute atomic E-state index is 0.116. The van der Waals surface area contributed by atoms with Crippen molar-refractivity contribution in [2.24, 2.45) is 11.8 Å². The van der Waals surface area contributed by atoms with Gasteiger partial charge in [-0.05, 0) is 56.9 Å². The molecule has 4 rings (SSSR count). The Morgan fingerprint density at radius 2 is 1.97 bits per heavy atom. The third-order valence-corrected chi connectivity index (χ3v) is 7.38. The maximum absolute atomic E-state index is 13.7. The minimum atomic E-state index is -1.10. The highest BCUT2D eigenvalue weighted by Crippen LogP contribution is 2.64. The van der Waals surface area contributed by atoms with Crippen LogP contribution in [0.1, 0.15) is 39.5 Å². The largest absolute Gasteiger partial charge is 0.497 e. The number of methoxy groups -OCH3 is 1. The van der Waals surface area contributed by atoms with E-state index < -0.39 is 35.0 Å². The zero-order valence-corrected chi connectivity index (χ0v) is 19.3. The van der Waals surface area contributed by atoms with Gasteiger partial charge in [-0.3, -0.25) is 14.4 Å². The molecule has 0 aromatic heterocycles. The maximum atomic E-state index is 13.7. The van der Waals surface area contributed by atoms with E-state index in [1.54, 1.807) is 38.3 Å². The molecule has 33 heavy (non-hydrogen) atoms. The number of likely N-dealkylation sites (tertiary alicyclic amines) is 1. The lowest BCUT2D eigenvalue weighted by molar-refractivity contribution is -0.160. The fourth-order valence-electron chi connectivity index (χ4n) is 5.98. The number of nitrogens with zero attached hydrogens (tertiary/aromatic N) is 1. The first-order valence-corrected chi connectivity index (χ1v) is 11.6. The number of carbonyl (C=O) groups excluding carboxylic acids is 3. The van der Waals surface area contributed by atoms with Crippen molar-refractivity contribution in [3.05, 3.63) is 24.3 Å². The average Bonchev–Trinajstić information content (AvgIpc) is 3.42. The number of rotatable bonds is 9. The van der Waals surface area contributed by atoms with Crippen molar-refractivity contribution >= 4 is 23.5 Å². The van der Waals surface area contributed by atoms with Gasteiger partial charge < -0.3 is 29.5 Å². The maximum Gasteiger partial charge on any atom is 0.312 e. The van der Waals surface area contributed by atoms with Crippen molar-refractivity contribution in [2.75, 3.05) is 32.2 Å². The molecule has 0 aliphatic carbocycles. The molecule has 1 spiro atoms. The number of amides is 2. The first-order chi connectivity index (χ1) is 15.9. The summed E-state index contributed by atoms with van der Waals surface area (Å²) in [6.45, 7) is 3.96. The van der Waals surface area contributed by atoms with Crippen LogP contribution in [0.4, 0.5) is 5.69 Å². The van der Waals surface area contributed by atoms with Crippen molar-refractivity contribution in [2.45, 2.75) is 56.8 Å². The summed E-state index contributed by atoms with van der Waals surface area (Å²) in [5.74, 6) is -1.98. The number of ether oxygens (including phenoxy) is 3. The number of anilines is 1. The first-order valence-electron chi connectivity index (χ1n) is 11.6. The van der Waals surface area contributed by atoms with Crippen LogP contribution in [0, 0.1) is 11.8 Å². The van der Waals surface area contributed by atoms with E-state index in [9.17, 15) is 19.5 Å². The lowest BCUT2D eigenvalue weighted by atomic mass is 9.65. The molecule has 9 nitrogen and oxygen atoms in total. The molecule has 3 aliphatic heterocycles. The Bertz CT molecular complexity index is 920. The molecule has 9 heteroatoms. The van der Waals surface area contributed by atoms with Gasteiger partial charge in [0.1, 0.15) is 23.3 Å². The Labute approximate surface area is 193 Å². The Kier molecular flexibility index (Phi) is 6.37. The summed E-state index contributed by atoms with van der Waals surface area (Å²) in [6, 6.07) is 6.02. The van der Waals surface area contributed by atoms with Crippen molar-refractivity contribution in [1.29, 1.82) is 0 Å². The van der Waals surface area contributed by atoms with Gasteiger partial charge in [-0.2, -0.15) is 0 Å². The average molecular weight is 461 g/mol. The fourth-order valence-corrected chi connectivity index (χ4v) is 5.98. The van der Waals surface area contributed by atoms with Gasteiger partial charge in [-0.15, -0.1) is 0 Å². The van der Waals surface area contributed by atoms with Crippen molar-refractivity contribution in [3.8, 4) is 5.75 Å². The molecule has 3 heterocycles. The Hall–Kier alpha value is -2.65. The van der Waals surface area contributed by atoms with Crippen LogP contribution < -0.4 is 10.1 Å². The van der Waals surface area contributed by atoms with Crippen molar-refractivity contribution < 1.29 is 33.7 Å². The molecule has 5 atom stereocenters. The van der Waals surface area contributed by atoms with E-state index in [0.717, 1.165) is 0 Å². The Balaban J connectivity index is 1.70. The highest BCUT2D eigenvalue weighted by molar-refractivity contribution is 6.03. The first kappa shape index (κ1) is 23.5. The topological polar surface area (TPSA) is 114 Å². The SMILES string of the molecule is CCOC(=O)[C@@H]1[C@H]2C(=O)N(CCCO)C(C(=O)Nc3ccc(OC)cc3)C23CC[C@@]1(CC)O3. The van der Waals surface area contributed by atoms with Gasteiger partial charge in [0.05, 0.1) is 25.2 Å². The number of esters is 1. The van der Waals surface area contributed by atoms with Crippen molar-refractivity contribution in [3.63, 3.8) is 0 Å². The van der Waals surface area contributed by atoms with Crippen LogP contribution in [0.5, 0.6) is 5.75 Å². The third-order valence-electron chi connectivity index (χ3n) is 7.38. The number of aliphatic hydroxyl groups is 1. The Morgan fingerprint density at radius 1 is 1.24 bits per heavy atom. The van der Waals surface area contributed by atoms with Gasteiger partial charge in [0, 0.05) is 18.8 Å². The van der Waals surface area contributed by atoms with Gasteiger partial charge in [0.25, 0.3) is 0 Å². The summed E-state index contributed by atoms with van der Waals surface area (Å²) in [5, 5.41) is 12.3. The van der Waals surface area contributed by atoms with Crippen LogP contribution in [0.25, 0.3) is 0 Å². The van der Waals surface area contributed by atoms with Gasteiger partial charge >= 0.3 is 5.97 Å². The molecule has 1 aromatic rings. The molecule has 0 saturated carbocycles. The minimum Gasteiger partial charge on any atom is -0.497 e. The third kappa shape index (κ3) is 3.58. The van der Waals surface area contributed by atoms with E-state index in [4.69, 9.17) is 14.2 Å². The normalized spacial score (nSPS) is 32.1. The molecule has 180 valence electrons. The van der Waals surface area contributed by atoms with E-state index in [0.29, 0.717) is 37.1 Å². The van der Waals surface area contributed by atoms with Crippen LogP contribution in [0.2, 0.25) is 0 Å². The molecule has 1 aromatic carbocycles. The molecule has 2 unspecified atom stereocenters. The number of fused-ring (bicyclic) bond motifs is 1. The van der Waals surface area contributed by atoms with E-state index in [1.165, 1.54) is 4.90 Å². The quantitative estimate of drug-likeness (QED) is 0.540. The lowest BCUT2D eigenvalue weighted by Gasteiger charge is -2.33. The van der Waals surface area contributed by atoms with Crippen LogP contribution in [-0.2, 0) is 23.9 Å².